The Hall–Kier alpha value is -0.780. The van der Waals surface area contributed by atoms with Gasteiger partial charge >= 0.3 is 6.03 Å². The first-order valence-corrected chi connectivity index (χ1v) is 6.63. The summed E-state index contributed by atoms with van der Waals surface area (Å²) in [6.07, 6.45) is 1.99. The van der Waals surface area contributed by atoms with Crippen molar-refractivity contribution in [2.75, 3.05) is 18.6 Å². The van der Waals surface area contributed by atoms with Crippen molar-refractivity contribution in [3.8, 4) is 0 Å². The first kappa shape index (κ1) is 13.2. The Morgan fingerprint density at radius 2 is 2.00 bits per heavy atom. The van der Waals surface area contributed by atoms with Gasteiger partial charge in [-0.2, -0.15) is 0 Å². The zero-order valence-corrected chi connectivity index (χ0v) is 9.65. The maximum Gasteiger partial charge on any atom is 0.315 e. The molecule has 0 fully saturated rings. The Labute approximate surface area is 85.2 Å². The molecule has 1 atom stereocenters. The number of rotatable bonds is 5. The Bertz CT molecular complexity index is 274. The highest BCUT2D eigenvalue weighted by atomic mass is 32.2. The molecule has 0 aliphatic heterocycles. The average molecular weight is 222 g/mol. The number of hydrogen-bond acceptors (Lipinski definition) is 3. The number of nitrogens with one attached hydrogen (secondary N) is 2. The van der Waals surface area contributed by atoms with Gasteiger partial charge in [0.2, 0.25) is 0 Å². The average Bonchev–Trinajstić information content (AvgIpc) is 2.01. The largest absolute Gasteiger partial charge is 0.337 e. The molecule has 0 heterocycles. The molecule has 0 radical (unpaired) electrons. The summed E-state index contributed by atoms with van der Waals surface area (Å²) < 4.78 is 21.4. The van der Waals surface area contributed by atoms with E-state index in [4.69, 9.17) is 0 Å². The molecule has 0 saturated carbocycles. The highest BCUT2D eigenvalue weighted by molar-refractivity contribution is 7.90. The van der Waals surface area contributed by atoms with Crippen LogP contribution < -0.4 is 10.6 Å². The Balaban J connectivity index is 3.65. The lowest BCUT2D eigenvalue weighted by Crippen LogP contribution is -2.42. The van der Waals surface area contributed by atoms with Gasteiger partial charge in [-0.1, -0.05) is 6.92 Å². The third-order valence-corrected chi connectivity index (χ3v) is 2.69. The minimum absolute atomic E-state index is 0.0269. The van der Waals surface area contributed by atoms with Crippen LogP contribution in [-0.2, 0) is 9.84 Å². The van der Waals surface area contributed by atoms with E-state index in [0.717, 1.165) is 12.7 Å². The molecular weight excluding hydrogens is 204 g/mol. The summed E-state index contributed by atoms with van der Waals surface area (Å²) in [5.41, 5.74) is 0. The number of amides is 2. The first-order valence-electron chi connectivity index (χ1n) is 4.57. The van der Waals surface area contributed by atoms with Gasteiger partial charge in [0.25, 0.3) is 0 Å². The lowest BCUT2D eigenvalue weighted by molar-refractivity contribution is 0.238. The quantitative estimate of drug-likeness (QED) is 0.694. The number of carbonyl (C=O) groups excluding carboxylic acids is 1. The molecule has 0 saturated heterocycles. The number of urea groups is 1. The molecule has 6 heteroatoms. The molecule has 0 aliphatic rings. The fourth-order valence-corrected chi connectivity index (χ4v) is 1.20. The maximum absolute atomic E-state index is 11.1. The molecule has 1 unspecified atom stereocenters. The molecule has 2 amide bonds. The highest BCUT2D eigenvalue weighted by Gasteiger charge is 2.06. The monoisotopic (exact) mass is 222 g/mol. The predicted molar refractivity (Wildman–Crippen MR) is 56.0 cm³/mol. The summed E-state index contributed by atoms with van der Waals surface area (Å²) >= 11 is 0. The molecule has 84 valence electrons. The number of hydrogen-bond donors (Lipinski definition) is 2. The second-order valence-electron chi connectivity index (χ2n) is 3.34. The molecule has 0 spiro atoms. The molecule has 0 aromatic carbocycles. The Kier molecular flexibility index (Phi) is 5.52. The van der Waals surface area contributed by atoms with Crippen LogP contribution >= 0.6 is 0 Å². The van der Waals surface area contributed by atoms with Crippen molar-refractivity contribution < 1.29 is 13.2 Å². The SMILES string of the molecule is CCC(C)NC(=O)NCCS(C)(=O)=O. The zero-order valence-electron chi connectivity index (χ0n) is 8.83. The summed E-state index contributed by atoms with van der Waals surface area (Å²) in [5, 5.41) is 5.15. The van der Waals surface area contributed by atoms with Crippen LogP contribution in [0.2, 0.25) is 0 Å². The minimum Gasteiger partial charge on any atom is -0.337 e. The van der Waals surface area contributed by atoms with Crippen molar-refractivity contribution in [2.24, 2.45) is 0 Å². The van der Waals surface area contributed by atoms with Gasteiger partial charge in [-0.3, -0.25) is 0 Å². The van der Waals surface area contributed by atoms with E-state index < -0.39 is 9.84 Å². The van der Waals surface area contributed by atoms with E-state index >= 15 is 0 Å². The Morgan fingerprint density at radius 3 is 2.43 bits per heavy atom. The van der Waals surface area contributed by atoms with Gasteiger partial charge in [-0.05, 0) is 13.3 Å². The van der Waals surface area contributed by atoms with Crippen molar-refractivity contribution in [3.05, 3.63) is 0 Å². The summed E-state index contributed by atoms with van der Waals surface area (Å²) in [5.74, 6) is -0.0269. The molecule has 0 rings (SSSR count). The van der Waals surface area contributed by atoms with Crippen LogP contribution in [0.25, 0.3) is 0 Å². The van der Waals surface area contributed by atoms with Gasteiger partial charge < -0.3 is 10.6 Å². The van der Waals surface area contributed by atoms with Crippen LogP contribution in [0, 0.1) is 0 Å². The van der Waals surface area contributed by atoms with Crippen LogP contribution in [0.1, 0.15) is 20.3 Å². The van der Waals surface area contributed by atoms with Crippen LogP contribution in [-0.4, -0.2) is 39.0 Å². The van der Waals surface area contributed by atoms with Gasteiger partial charge in [-0.25, -0.2) is 13.2 Å². The van der Waals surface area contributed by atoms with Gasteiger partial charge in [0.1, 0.15) is 9.84 Å². The topological polar surface area (TPSA) is 75.3 Å². The molecular formula is C8H18N2O3S. The summed E-state index contributed by atoms with van der Waals surface area (Å²) in [6, 6.07) is -0.212. The Morgan fingerprint density at radius 1 is 1.43 bits per heavy atom. The normalized spacial score (nSPS) is 13.4. The van der Waals surface area contributed by atoms with Gasteiger partial charge in [0, 0.05) is 18.8 Å². The number of carbonyl (C=O) groups is 1. The fraction of sp³-hybridized carbons (Fsp3) is 0.875. The lowest BCUT2D eigenvalue weighted by atomic mass is 10.3. The van der Waals surface area contributed by atoms with Crippen LogP contribution in [0.3, 0.4) is 0 Å². The molecule has 14 heavy (non-hydrogen) atoms. The number of sulfone groups is 1. The zero-order chi connectivity index (χ0) is 11.2. The second-order valence-corrected chi connectivity index (χ2v) is 5.60. The summed E-state index contributed by atoms with van der Waals surface area (Å²) in [4.78, 5) is 11.1. The third-order valence-electron chi connectivity index (χ3n) is 1.75. The van der Waals surface area contributed by atoms with Crippen molar-refractivity contribution in [3.63, 3.8) is 0 Å². The minimum atomic E-state index is -3.00. The standard InChI is InChI=1S/C8H18N2O3S/c1-4-7(2)10-8(11)9-5-6-14(3,12)13/h7H,4-6H2,1-3H3,(H2,9,10,11). The highest BCUT2D eigenvalue weighted by Crippen LogP contribution is 1.86. The van der Waals surface area contributed by atoms with E-state index in [1.807, 2.05) is 13.8 Å². The first-order chi connectivity index (χ1) is 6.35. The summed E-state index contributed by atoms with van der Waals surface area (Å²) in [7, 11) is -3.00. The van der Waals surface area contributed by atoms with E-state index in [-0.39, 0.29) is 24.4 Å². The molecule has 0 bridgehead atoms. The van der Waals surface area contributed by atoms with Crippen molar-refractivity contribution in [1.29, 1.82) is 0 Å². The van der Waals surface area contributed by atoms with Gasteiger partial charge in [0.05, 0.1) is 5.75 Å². The van der Waals surface area contributed by atoms with E-state index in [9.17, 15) is 13.2 Å². The van der Waals surface area contributed by atoms with E-state index in [2.05, 4.69) is 10.6 Å². The fourth-order valence-electron chi connectivity index (χ4n) is 0.727. The molecule has 0 aromatic rings. The van der Waals surface area contributed by atoms with Gasteiger partial charge in [-0.15, -0.1) is 0 Å². The second kappa shape index (κ2) is 5.85. The van der Waals surface area contributed by atoms with Crippen LogP contribution in [0.15, 0.2) is 0 Å². The van der Waals surface area contributed by atoms with Crippen molar-refractivity contribution in [2.45, 2.75) is 26.3 Å². The molecule has 2 N–H and O–H groups in total. The van der Waals surface area contributed by atoms with E-state index in [1.165, 1.54) is 0 Å². The predicted octanol–water partition coefficient (Wildman–Crippen LogP) is 0.129. The van der Waals surface area contributed by atoms with Gasteiger partial charge in [0.15, 0.2) is 0 Å². The lowest BCUT2D eigenvalue weighted by Gasteiger charge is -2.11. The molecule has 0 aromatic heterocycles. The molecule has 5 nitrogen and oxygen atoms in total. The smallest absolute Gasteiger partial charge is 0.315 e. The van der Waals surface area contributed by atoms with Crippen molar-refractivity contribution in [1.82, 2.24) is 10.6 Å². The third kappa shape index (κ3) is 7.85. The van der Waals surface area contributed by atoms with E-state index in [0.29, 0.717) is 0 Å². The summed E-state index contributed by atoms with van der Waals surface area (Å²) in [6.45, 7) is 4.00. The molecule has 0 aliphatic carbocycles. The maximum atomic E-state index is 11.1. The van der Waals surface area contributed by atoms with Crippen molar-refractivity contribution >= 4 is 15.9 Å². The van der Waals surface area contributed by atoms with E-state index in [1.54, 1.807) is 0 Å². The van der Waals surface area contributed by atoms with Crippen LogP contribution in [0.5, 0.6) is 0 Å². The van der Waals surface area contributed by atoms with Crippen LogP contribution in [0.4, 0.5) is 4.79 Å².